The molecule has 9 N–H and O–H groups in total. The number of aryl methyl sites for hydroxylation is 3. The normalized spacial score (nSPS) is 11.0. The molecule has 4 aromatic carbocycles. The molecule has 0 aliphatic rings. The number of hydrogen-bond donors (Lipinski definition) is 6. The van der Waals surface area contributed by atoms with Gasteiger partial charge in [-0.15, -0.1) is 0 Å². The highest BCUT2D eigenvalue weighted by Crippen LogP contribution is 2.28. The van der Waals surface area contributed by atoms with Crippen LogP contribution >= 0.6 is 0 Å². The number of aromatic nitrogens is 6. The summed E-state index contributed by atoms with van der Waals surface area (Å²) in [4.78, 5) is 54.8. The molecule has 0 atom stereocenters. The average molecular weight is 1020 g/mol. The number of rotatable bonds is 33. The quantitative estimate of drug-likeness (QED) is 0.0210. The zero-order valence-corrected chi connectivity index (χ0v) is 42.5. The Hall–Kier alpha value is -8.28. The van der Waals surface area contributed by atoms with Crippen LogP contribution in [0.4, 0.5) is 17.8 Å². The van der Waals surface area contributed by atoms with Crippen molar-refractivity contribution in [1.82, 2.24) is 29.9 Å². The van der Waals surface area contributed by atoms with Crippen molar-refractivity contribution in [2.24, 2.45) is 0 Å². The number of nitrogens with two attached hydrogens (primary N) is 3. The van der Waals surface area contributed by atoms with Crippen molar-refractivity contribution in [3.63, 3.8) is 0 Å². The molecule has 7 aromatic rings. The summed E-state index contributed by atoms with van der Waals surface area (Å²) in [7, 11) is 0. The molecule has 0 amide bonds. The van der Waals surface area contributed by atoms with E-state index in [0.717, 1.165) is 111 Å². The monoisotopic (exact) mass is 1020 g/mol. The maximum Gasteiger partial charge on any atom is 0.252 e. The molecule has 0 saturated heterocycles. The molecule has 0 unspecified atom stereocenters. The molecule has 0 aliphatic heterocycles. The molecule has 18 heteroatoms. The Labute approximate surface area is 436 Å². The zero-order valence-electron chi connectivity index (χ0n) is 42.5. The fourth-order valence-electron chi connectivity index (χ4n) is 8.20. The second-order valence-corrected chi connectivity index (χ2v) is 18.3. The number of anilines is 3. The van der Waals surface area contributed by atoms with E-state index in [4.69, 9.17) is 45.6 Å². The van der Waals surface area contributed by atoms with Gasteiger partial charge in [0, 0.05) is 41.3 Å². The third kappa shape index (κ3) is 20.3. The standard InChI is InChI=1S/C57H69N9O9/c58-55-61-43(33-52(67)64-55)13-7-1-4-10-28-70-46-20-16-40(17-21-46)37-74-50-31-42(39-73-49-26-24-48(25-27-49)72-30-12-6-3-9-15-45-35-54(69)66-57(60)63-45)32-51(36-50)75-38-41-18-22-47(23-19-41)71-29-11-5-2-8-14-44-34-53(68)65-56(59)62-44/h16-27,31-36H,1-15,28-30,37-39H2,(H3,58,61,64,67)(H3,59,62,65,68)(H3,60,63,66,69). The number of nitrogens with one attached hydrogen (secondary N) is 3. The molecule has 7 rings (SSSR count). The molecule has 396 valence electrons. The smallest absolute Gasteiger partial charge is 0.252 e. The number of hydrogen-bond acceptors (Lipinski definition) is 15. The molecule has 0 fully saturated rings. The Bertz CT molecular complexity index is 2670. The molecule has 75 heavy (non-hydrogen) atoms. The first-order chi connectivity index (χ1) is 36.6. The van der Waals surface area contributed by atoms with Crippen molar-refractivity contribution in [2.75, 3.05) is 37.0 Å². The summed E-state index contributed by atoms with van der Waals surface area (Å²) in [5.74, 6) is 4.79. The van der Waals surface area contributed by atoms with Crippen molar-refractivity contribution >= 4 is 17.8 Å². The average Bonchev–Trinajstić information content (AvgIpc) is 3.38. The number of H-pyrrole nitrogens is 3. The zero-order chi connectivity index (χ0) is 52.5. The van der Waals surface area contributed by atoms with E-state index in [2.05, 4.69) is 29.9 Å². The Morgan fingerprint density at radius 2 is 0.613 bits per heavy atom. The summed E-state index contributed by atoms with van der Waals surface area (Å²) < 4.78 is 36.9. The Kier molecular flexibility index (Phi) is 21.4. The number of ether oxygens (including phenoxy) is 6. The van der Waals surface area contributed by atoms with E-state index in [9.17, 15) is 14.4 Å². The third-order valence-electron chi connectivity index (χ3n) is 12.1. The summed E-state index contributed by atoms with van der Waals surface area (Å²) in [5, 5.41) is 0. The molecule has 0 aliphatic carbocycles. The Morgan fingerprint density at radius 3 is 0.960 bits per heavy atom. The van der Waals surface area contributed by atoms with E-state index in [-0.39, 0.29) is 41.1 Å². The van der Waals surface area contributed by atoms with Crippen LogP contribution in [0.15, 0.2) is 124 Å². The van der Waals surface area contributed by atoms with Crippen molar-refractivity contribution in [3.05, 3.63) is 174 Å². The van der Waals surface area contributed by atoms with Gasteiger partial charge < -0.3 is 45.6 Å². The van der Waals surface area contributed by atoms with Crippen molar-refractivity contribution in [2.45, 2.75) is 116 Å². The lowest BCUT2D eigenvalue weighted by Crippen LogP contribution is -2.12. The van der Waals surface area contributed by atoms with Crippen LogP contribution < -0.4 is 62.3 Å². The number of unbranched alkanes of at least 4 members (excludes halogenated alkanes) is 9. The van der Waals surface area contributed by atoms with Gasteiger partial charge in [-0.05, 0) is 135 Å². The van der Waals surface area contributed by atoms with E-state index in [1.807, 2.05) is 91.0 Å². The maximum absolute atomic E-state index is 11.6. The maximum atomic E-state index is 11.6. The lowest BCUT2D eigenvalue weighted by molar-refractivity contribution is 0.280. The minimum Gasteiger partial charge on any atom is -0.494 e. The largest absolute Gasteiger partial charge is 0.494 e. The lowest BCUT2D eigenvalue weighted by Gasteiger charge is -2.14. The highest BCUT2D eigenvalue weighted by molar-refractivity contribution is 5.40. The topological polar surface area (TPSA) is 271 Å². The molecule has 18 nitrogen and oxygen atoms in total. The first kappa shape index (κ1) is 54.5. The van der Waals surface area contributed by atoms with Gasteiger partial charge in [0.25, 0.3) is 16.7 Å². The number of benzene rings is 4. The van der Waals surface area contributed by atoms with Gasteiger partial charge in [-0.1, -0.05) is 62.8 Å². The lowest BCUT2D eigenvalue weighted by atomic mass is 10.1. The second kappa shape index (κ2) is 29.4. The number of nitrogens with zero attached hydrogens (tertiary/aromatic N) is 3. The highest BCUT2D eigenvalue weighted by atomic mass is 16.5. The molecular formula is C57H69N9O9. The summed E-state index contributed by atoms with van der Waals surface area (Å²) >= 11 is 0. The van der Waals surface area contributed by atoms with Crippen LogP contribution in [0.3, 0.4) is 0 Å². The fraction of sp³-hybridized carbons (Fsp3) is 0.368. The second-order valence-electron chi connectivity index (χ2n) is 18.3. The minimum atomic E-state index is -0.227. The van der Waals surface area contributed by atoms with E-state index < -0.39 is 0 Å². The van der Waals surface area contributed by atoms with Crippen molar-refractivity contribution < 1.29 is 28.4 Å². The molecule has 0 spiro atoms. The van der Waals surface area contributed by atoms with Crippen molar-refractivity contribution in [3.8, 4) is 34.5 Å². The van der Waals surface area contributed by atoms with Crippen LogP contribution in [-0.2, 0) is 39.1 Å². The van der Waals surface area contributed by atoms with E-state index in [0.29, 0.717) is 86.6 Å². The predicted octanol–water partition coefficient (Wildman–Crippen LogP) is 8.97. The first-order valence-electron chi connectivity index (χ1n) is 25.8. The Morgan fingerprint density at radius 1 is 0.320 bits per heavy atom. The number of aromatic amines is 3. The first-order valence-corrected chi connectivity index (χ1v) is 25.8. The van der Waals surface area contributed by atoms with Crippen LogP contribution in [-0.4, -0.2) is 49.7 Å². The molecule has 3 heterocycles. The third-order valence-corrected chi connectivity index (χ3v) is 12.1. The summed E-state index contributed by atoms with van der Waals surface area (Å²) in [6, 6.07) is 33.7. The predicted molar refractivity (Wildman–Crippen MR) is 290 cm³/mol. The SMILES string of the molecule is Nc1nc(CCCCCCOc2ccc(COc3cc(COc4ccc(OCCCCCCc5cc(=O)[nH]c(N)n5)cc4)cc(OCc4ccc(OCCCCCCc5cc(=O)[nH]c(N)n5)cc4)c3)cc2)cc(=O)[nH]1. The van der Waals surface area contributed by atoms with Gasteiger partial charge in [0.2, 0.25) is 17.8 Å². The highest BCUT2D eigenvalue weighted by Gasteiger charge is 2.09. The van der Waals surface area contributed by atoms with Gasteiger partial charge in [-0.2, -0.15) is 0 Å². The van der Waals surface area contributed by atoms with Gasteiger partial charge in [-0.3, -0.25) is 29.3 Å². The van der Waals surface area contributed by atoms with Crippen LogP contribution in [0.5, 0.6) is 34.5 Å². The van der Waals surface area contributed by atoms with Crippen LogP contribution in [0.2, 0.25) is 0 Å². The van der Waals surface area contributed by atoms with Crippen LogP contribution in [0.25, 0.3) is 0 Å². The van der Waals surface area contributed by atoms with E-state index >= 15 is 0 Å². The summed E-state index contributed by atoms with van der Waals surface area (Å²) in [6.07, 6.45) is 13.7. The van der Waals surface area contributed by atoms with E-state index in [1.165, 1.54) is 18.2 Å². The van der Waals surface area contributed by atoms with Crippen LogP contribution in [0, 0.1) is 0 Å². The Balaban J connectivity index is 0.855. The van der Waals surface area contributed by atoms with Gasteiger partial charge in [0.1, 0.15) is 54.3 Å². The summed E-state index contributed by atoms with van der Waals surface area (Å²) in [5.41, 5.74) is 21.3. The van der Waals surface area contributed by atoms with E-state index in [1.54, 1.807) is 0 Å². The van der Waals surface area contributed by atoms with Gasteiger partial charge in [-0.25, -0.2) is 15.0 Å². The molecule has 3 aromatic heterocycles. The molecule has 0 saturated carbocycles. The molecule has 0 bridgehead atoms. The number of nitrogen functional groups attached to an aromatic ring is 3. The summed E-state index contributed by atoms with van der Waals surface area (Å²) in [6.45, 7) is 2.78. The van der Waals surface area contributed by atoms with Crippen molar-refractivity contribution in [1.29, 1.82) is 0 Å². The van der Waals surface area contributed by atoms with Gasteiger partial charge >= 0.3 is 0 Å². The van der Waals surface area contributed by atoms with Crippen LogP contribution in [0.1, 0.15) is 111 Å². The van der Waals surface area contributed by atoms with Gasteiger partial charge in [0.05, 0.1) is 19.8 Å². The fourth-order valence-corrected chi connectivity index (χ4v) is 8.20. The van der Waals surface area contributed by atoms with Gasteiger partial charge in [0.15, 0.2) is 0 Å². The molecular weight excluding hydrogens is 955 g/mol. The molecule has 0 radical (unpaired) electrons. The minimum absolute atomic E-state index is 0.148.